The van der Waals surface area contributed by atoms with Crippen LogP contribution in [0.5, 0.6) is 0 Å². The summed E-state index contributed by atoms with van der Waals surface area (Å²) in [6.07, 6.45) is 0. The van der Waals surface area contributed by atoms with Gasteiger partial charge < -0.3 is 5.73 Å². The Morgan fingerprint density at radius 1 is 1.20 bits per heavy atom. The highest BCUT2D eigenvalue weighted by Crippen LogP contribution is 2.28. The van der Waals surface area contributed by atoms with E-state index < -0.39 is 10.0 Å². The number of hydrogen-bond donors (Lipinski definition) is 2. The fraction of sp³-hybridized carbons (Fsp3) is 0.286. The number of thiophene rings is 1. The fourth-order valence-corrected chi connectivity index (χ4v) is 4.57. The Morgan fingerprint density at radius 2 is 1.90 bits per heavy atom. The van der Waals surface area contributed by atoms with Crippen LogP contribution in [0.1, 0.15) is 20.9 Å². The van der Waals surface area contributed by atoms with Gasteiger partial charge in [-0.1, -0.05) is 12.1 Å². The topological polar surface area (TPSA) is 72.2 Å². The van der Waals surface area contributed by atoms with Gasteiger partial charge in [-0.2, -0.15) is 0 Å². The van der Waals surface area contributed by atoms with E-state index in [4.69, 9.17) is 5.73 Å². The lowest BCUT2D eigenvalue weighted by Crippen LogP contribution is -2.14. The normalized spacial score (nSPS) is 11.6. The number of sulfonamides is 1. The molecule has 1 heterocycles. The minimum absolute atomic E-state index is 0.309. The van der Waals surface area contributed by atoms with Crippen LogP contribution in [0.4, 0.5) is 5.69 Å². The maximum atomic E-state index is 12.5. The van der Waals surface area contributed by atoms with E-state index in [0.717, 1.165) is 20.9 Å². The molecule has 0 aliphatic carbocycles. The summed E-state index contributed by atoms with van der Waals surface area (Å²) in [6, 6.07) is 7.33. The summed E-state index contributed by atoms with van der Waals surface area (Å²) >= 11 is 1.41. The highest BCUT2D eigenvalue weighted by atomic mass is 32.2. The molecule has 4 nitrogen and oxygen atoms in total. The van der Waals surface area contributed by atoms with Crippen LogP contribution in [0.3, 0.4) is 0 Å². The minimum Gasteiger partial charge on any atom is -0.326 e. The van der Waals surface area contributed by atoms with Crippen molar-refractivity contribution in [1.82, 2.24) is 0 Å². The van der Waals surface area contributed by atoms with Crippen LogP contribution in [0, 0.1) is 20.8 Å². The van der Waals surface area contributed by atoms with E-state index in [0.29, 0.717) is 17.1 Å². The molecule has 0 spiro atoms. The predicted octanol–water partition coefficient (Wildman–Crippen LogP) is 2.93. The van der Waals surface area contributed by atoms with Gasteiger partial charge >= 0.3 is 0 Å². The Morgan fingerprint density at radius 3 is 2.50 bits per heavy atom. The zero-order valence-corrected chi connectivity index (χ0v) is 13.4. The van der Waals surface area contributed by atoms with Crippen molar-refractivity contribution in [2.75, 3.05) is 4.72 Å². The molecule has 20 heavy (non-hydrogen) atoms. The highest BCUT2D eigenvalue weighted by Gasteiger charge is 2.20. The van der Waals surface area contributed by atoms with E-state index in [1.807, 2.05) is 32.0 Å². The number of anilines is 1. The SMILES string of the molecule is Cc1ccc(C)c(NS(=O)(=O)c2cc(CN)sc2C)c1. The number of aryl methyl sites for hydroxylation is 3. The van der Waals surface area contributed by atoms with Crippen LogP contribution in [0.15, 0.2) is 29.2 Å². The van der Waals surface area contributed by atoms with Crippen LogP contribution in [-0.2, 0) is 16.6 Å². The number of benzene rings is 1. The molecule has 0 amide bonds. The number of rotatable bonds is 4. The number of nitrogens with two attached hydrogens (primary N) is 1. The van der Waals surface area contributed by atoms with Gasteiger partial charge in [-0.25, -0.2) is 8.42 Å². The quantitative estimate of drug-likeness (QED) is 0.912. The molecule has 0 aliphatic heterocycles. The lowest BCUT2D eigenvalue weighted by atomic mass is 10.1. The van der Waals surface area contributed by atoms with Gasteiger partial charge in [0.1, 0.15) is 4.90 Å². The molecule has 6 heteroatoms. The molecule has 2 rings (SSSR count). The van der Waals surface area contributed by atoms with Gasteiger partial charge in [-0.3, -0.25) is 4.72 Å². The Hall–Kier alpha value is -1.37. The van der Waals surface area contributed by atoms with Gasteiger partial charge in [0.15, 0.2) is 0 Å². The summed E-state index contributed by atoms with van der Waals surface area (Å²) in [5, 5.41) is 0. The summed E-state index contributed by atoms with van der Waals surface area (Å²) < 4.78 is 27.6. The number of hydrogen-bond acceptors (Lipinski definition) is 4. The van der Waals surface area contributed by atoms with Crippen molar-refractivity contribution in [3.8, 4) is 0 Å². The summed E-state index contributed by atoms with van der Waals surface area (Å²) in [6.45, 7) is 5.95. The molecule has 1 aromatic carbocycles. The molecular formula is C14H18N2O2S2. The first-order valence-electron chi connectivity index (χ1n) is 6.23. The average molecular weight is 310 g/mol. The third-order valence-corrected chi connectivity index (χ3v) is 5.75. The van der Waals surface area contributed by atoms with Crippen LogP contribution in [0.2, 0.25) is 0 Å². The molecule has 0 atom stereocenters. The number of nitrogens with one attached hydrogen (secondary N) is 1. The van der Waals surface area contributed by atoms with Gasteiger partial charge in [0, 0.05) is 16.3 Å². The Balaban J connectivity index is 2.40. The standard InChI is InChI=1S/C14H18N2O2S2/c1-9-4-5-10(2)13(6-9)16-20(17,18)14-7-12(8-15)19-11(14)3/h4-7,16H,8,15H2,1-3H3. The van der Waals surface area contributed by atoms with Crippen molar-refractivity contribution >= 4 is 27.0 Å². The predicted molar refractivity (Wildman–Crippen MR) is 83.7 cm³/mol. The lowest BCUT2D eigenvalue weighted by Gasteiger charge is -2.11. The molecular weight excluding hydrogens is 292 g/mol. The molecule has 0 aliphatic rings. The minimum atomic E-state index is -3.57. The molecule has 0 saturated carbocycles. The van der Waals surface area contributed by atoms with Crippen LogP contribution in [-0.4, -0.2) is 8.42 Å². The van der Waals surface area contributed by atoms with Gasteiger partial charge in [0.2, 0.25) is 0 Å². The van der Waals surface area contributed by atoms with Crippen molar-refractivity contribution in [3.63, 3.8) is 0 Å². The molecule has 0 unspecified atom stereocenters. The van der Waals surface area contributed by atoms with Crippen molar-refractivity contribution in [2.24, 2.45) is 5.73 Å². The van der Waals surface area contributed by atoms with E-state index in [1.54, 1.807) is 13.0 Å². The zero-order valence-electron chi connectivity index (χ0n) is 11.7. The van der Waals surface area contributed by atoms with Crippen molar-refractivity contribution in [3.05, 3.63) is 45.1 Å². The van der Waals surface area contributed by atoms with E-state index >= 15 is 0 Å². The van der Waals surface area contributed by atoms with E-state index in [1.165, 1.54) is 11.3 Å². The molecule has 0 radical (unpaired) electrons. The molecule has 0 fully saturated rings. The highest BCUT2D eigenvalue weighted by molar-refractivity contribution is 7.93. The van der Waals surface area contributed by atoms with Gasteiger partial charge in [-0.15, -0.1) is 11.3 Å². The van der Waals surface area contributed by atoms with Gasteiger partial charge in [0.05, 0.1) is 5.69 Å². The van der Waals surface area contributed by atoms with Crippen molar-refractivity contribution < 1.29 is 8.42 Å². The maximum Gasteiger partial charge on any atom is 0.263 e. The Labute approximate surface area is 123 Å². The van der Waals surface area contributed by atoms with E-state index in [-0.39, 0.29) is 0 Å². The third-order valence-electron chi connectivity index (χ3n) is 3.05. The average Bonchev–Trinajstić information content (AvgIpc) is 2.76. The third kappa shape index (κ3) is 3.03. The molecule has 108 valence electrons. The van der Waals surface area contributed by atoms with Gasteiger partial charge in [0.25, 0.3) is 10.0 Å². The largest absolute Gasteiger partial charge is 0.326 e. The summed E-state index contributed by atoms with van der Waals surface area (Å²) in [5.74, 6) is 0. The monoisotopic (exact) mass is 310 g/mol. The van der Waals surface area contributed by atoms with Crippen molar-refractivity contribution in [1.29, 1.82) is 0 Å². The second kappa shape index (κ2) is 5.55. The smallest absolute Gasteiger partial charge is 0.263 e. The van der Waals surface area contributed by atoms with Crippen LogP contribution >= 0.6 is 11.3 Å². The first kappa shape index (κ1) is 15.0. The Bertz CT molecular complexity index is 734. The maximum absolute atomic E-state index is 12.5. The lowest BCUT2D eigenvalue weighted by molar-refractivity contribution is 0.601. The first-order chi connectivity index (χ1) is 9.33. The fourth-order valence-electron chi connectivity index (χ4n) is 1.94. The summed E-state index contributed by atoms with van der Waals surface area (Å²) in [4.78, 5) is 1.93. The molecule has 2 aromatic rings. The van der Waals surface area contributed by atoms with Crippen molar-refractivity contribution in [2.45, 2.75) is 32.2 Å². The van der Waals surface area contributed by atoms with Gasteiger partial charge in [-0.05, 0) is 44.0 Å². The first-order valence-corrected chi connectivity index (χ1v) is 8.53. The molecule has 0 bridgehead atoms. The molecule has 1 aromatic heterocycles. The second-order valence-corrected chi connectivity index (χ2v) is 7.75. The zero-order chi connectivity index (χ0) is 14.9. The second-order valence-electron chi connectivity index (χ2n) is 4.76. The molecule has 0 saturated heterocycles. The summed E-state index contributed by atoms with van der Waals surface area (Å²) in [5.41, 5.74) is 8.09. The van der Waals surface area contributed by atoms with E-state index in [2.05, 4.69) is 4.72 Å². The van der Waals surface area contributed by atoms with Crippen LogP contribution in [0.25, 0.3) is 0 Å². The molecule has 3 N–H and O–H groups in total. The van der Waals surface area contributed by atoms with E-state index in [9.17, 15) is 8.42 Å². The van der Waals surface area contributed by atoms with Crippen LogP contribution < -0.4 is 10.5 Å². The summed E-state index contributed by atoms with van der Waals surface area (Å²) in [7, 11) is -3.57. The Kier molecular flexibility index (Phi) is 4.17.